The minimum absolute atomic E-state index is 0.317. The van der Waals surface area contributed by atoms with Crippen LogP contribution >= 0.6 is 11.8 Å². The van der Waals surface area contributed by atoms with Crippen LogP contribution in [0.1, 0.15) is 34.3 Å². The first-order valence-corrected chi connectivity index (χ1v) is 10.8. The van der Waals surface area contributed by atoms with Gasteiger partial charge in [-0.05, 0) is 36.6 Å². The molecule has 0 atom stereocenters. The van der Waals surface area contributed by atoms with E-state index in [-0.39, 0.29) is 5.97 Å². The molecule has 1 aromatic carbocycles. The molecule has 0 amide bonds. The van der Waals surface area contributed by atoms with Crippen molar-refractivity contribution in [3.05, 3.63) is 53.2 Å². The Labute approximate surface area is 180 Å². The van der Waals surface area contributed by atoms with Gasteiger partial charge in [-0.3, -0.25) is 14.9 Å². The number of esters is 1. The van der Waals surface area contributed by atoms with Gasteiger partial charge in [0.2, 0.25) is 0 Å². The number of rotatable bonds is 10. The van der Waals surface area contributed by atoms with Crippen molar-refractivity contribution >= 4 is 17.7 Å². The van der Waals surface area contributed by atoms with Crippen molar-refractivity contribution in [3.8, 4) is 5.75 Å². The second-order valence-corrected chi connectivity index (χ2v) is 7.96. The van der Waals surface area contributed by atoms with Gasteiger partial charge in [-0.15, -0.1) is 11.8 Å². The first-order chi connectivity index (χ1) is 14.7. The summed E-state index contributed by atoms with van der Waals surface area (Å²) in [6, 6.07) is 9.61. The summed E-state index contributed by atoms with van der Waals surface area (Å²) < 4.78 is 10.6. The molecule has 0 aliphatic carbocycles. The summed E-state index contributed by atoms with van der Waals surface area (Å²) in [5.41, 5.74) is 4.48. The van der Waals surface area contributed by atoms with Gasteiger partial charge >= 0.3 is 5.97 Å². The lowest BCUT2D eigenvalue weighted by molar-refractivity contribution is -0.128. The zero-order valence-electron chi connectivity index (χ0n) is 17.0. The molecule has 0 saturated carbocycles. The largest absolute Gasteiger partial charge is 0.495 e. The predicted octanol–water partition coefficient (Wildman–Crippen LogP) is 3.05. The first kappa shape index (κ1) is 22.5. The second kappa shape index (κ2) is 11.9. The van der Waals surface area contributed by atoms with E-state index in [1.54, 1.807) is 30.7 Å². The maximum atomic E-state index is 12.1. The summed E-state index contributed by atoms with van der Waals surface area (Å²) in [5, 5.41) is 9.36. The number of hydrogen-bond acceptors (Lipinski definition) is 9. The van der Waals surface area contributed by atoms with Crippen LogP contribution in [0.3, 0.4) is 0 Å². The number of carbonyl (C=O) groups is 1. The van der Waals surface area contributed by atoms with Crippen LogP contribution in [-0.4, -0.2) is 53.7 Å². The van der Waals surface area contributed by atoms with E-state index >= 15 is 0 Å². The summed E-state index contributed by atoms with van der Waals surface area (Å²) in [6.45, 7) is 3.24. The topological polar surface area (TPSA) is 93.2 Å². The van der Waals surface area contributed by atoms with Crippen LogP contribution in [0.2, 0.25) is 0 Å². The predicted molar refractivity (Wildman–Crippen MR) is 112 cm³/mol. The molecule has 8 nitrogen and oxygen atoms in total. The van der Waals surface area contributed by atoms with Gasteiger partial charge in [-0.25, -0.2) is 9.78 Å². The fraction of sp³-hybridized carbons (Fsp3) is 0.429. The van der Waals surface area contributed by atoms with Crippen molar-refractivity contribution in [2.24, 2.45) is 0 Å². The highest BCUT2D eigenvalue weighted by molar-refractivity contribution is 7.99. The Morgan fingerprint density at radius 2 is 2.07 bits per heavy atom. The average molecular weight is 434 g/mol. The number of thioether (sulfide) groups is 1. The average Bonchev–Trinajstić information content (AvgIpc) is 2.97. The molecule has 0 bridgehead atoms. The standard InChI is InChI=1S/C21H27N3O5S/c1-27-19-12-18-15-24(8-11-30-20(18)22-13-19)14-16-4-6-17(7-5-16)21(25)28-9-2-3-10-29-23-26/h4-7,12-13,23,26H,2-3,8-11,14-15H2,1H3. The first-order valence-electron chi connectivity index (χ1n) is 9.84. The van der Waals surface area contributed by atoms with Gasteiger partial charge in [0.1, 0.15) is 10.8 Å². The van der Waals surface area contributed by atoms with Gasteiger partial charge in [0, 0.05) is 31.0 Å². The van der Waals surface area contributed by atoms with E-state index in [0.717, 1.165) is 41.7 Å². The fourth-order valence-corrected chi connectivity index (χ4v) is 4.11. The molecule has 0 radical (unpaired) electrons. The summed E-state index contributed by atoms with van der Waals surface area (Å²) in [6.07, 6.45) is 3.11. The summed E-state index contributed by atoms with van der Waals surface area (Å²) >= 11 is 1.77. The highest BCUT2D eigenvalue weighted by Crippen LogP contribution is 2.28. The molecule has 2 heterocycles. The van der Waals surface area contributed by atoms with E-state index in [0.29, 0.717) is 31.6 Å². The summed E-state index contributed by atoms with van der Waals surface area (Å²) in [4.78, 5) is 23.6. The Bertz CT molecular complexity index is 819. The van der Waals surface area contributed by atoms with Crippen LogP contribution in [0.15, 0.2) is 41.6 Å². The van der Waals surface area contributed by atoms with Crippen LogP contribution in [0.5, 0.6) is 5.75 Å². The number of nitrogens with zero attached hydrogens (tertiary/aromatic N) is 2. The van der Waals surface area contributed by atoms with Crippen LogP contribution in [0.25, 0.3) is 0 Å². The van der Waals surface area contributed by atoms with Gasteiger partial charge in [0.05, 0.1) is 32.1 Å². The molecule has 2 aromatic rings. The number of carbonyl (C=O) groups excluding carboxylic acids is 1. The van der Waals surface area contributed by atoms with E-state index < -0.39 is 0 Å². The van der Waals surface area contributed by atoms with E-state index in [2.05, 4.69) is 20.8 Å². The molecular weight excluding hydrogens is 406 g/mol. The third-order valence-electron chi connectivity index (χ3n) is 4.71. The molecule has 1 aliphatic heterocycles. The molecule has 0 saturated heterocycles. The van der Waals surface area contributed by atoms with Gasteiger partial charge in [0.25, 0.3) is 0 Å². The molecule has 0 unspecified atom stereocenters. The minimum atomic E-state index is -0.332. The molecule has 162 valence electrons. The smallest absolute Gasteiger partial charge is 0.338 e. The van der Waals surface area contributed by atoms with Crippen LogP contribution in [-0.2, 0) is 22.7 Å². The number of methoxy groups -OCH3 is 1. The van der Waals surface area contributed by atoms with E-state index in [1.807, 2.05) is 24.3 Å². The lowest BCUT2D eigenvalue weighted by Crippen LogP contribution is -2.24. The van der Waals surface area contributed by atoms with Crippen LogP contribution in [0, 0.1) is 0 Å². The molecule has 9 heteroatoms. The van der Waals surface area contributed by atoms with Crippen molar-refractivity contribution < 1.29 is 24.3 Å². The Kier molecular flexibility index (Phi) is 8.91. The zero-order valence-corrected chi connectivity index (χ0v) is 17.8. The Morgan fingerprint density at radius 3 is 2.83 bits per heavy atom. The molecule has 0 fully saturated rings. The van der Waals surface area contributed by atoms with Gasteiger partial charge < -0.3 is 9.47 Å². The highest BCUT2D eigenvalue weighted by atomic mass is 32.2. The second-order valence-electron chi connectivity index (χ2n) is 6.88. The maximum Gasteiger partial charge on any atom is 0.338 e. The van der Waals surface area contributed by atoms with E-state index in [9.17, 15) is 4.79 Å². The number of pyridine rings is 1. The van der Waals surface area contributed by atoms with E-state index in [4.69, 9.17) is 14.7 Å². The Hall–Kier alpha value is -2.17. The molecule has 1 aliphatic rings. The van der Waals surface area contributed by atoms with Gasteiger partial charge in [-0.2, -0.15) is 0 Å². The number of unbranched alkanes of at least 4 members (excludes halogenated alkanes) is 1. The Morgan fingerprint density at radius 1 is 1.27 bits per heavy atom. The van der Waals surface area contributed by atoms with Gasteiger partial charge in [0.15, 0.2) is 0 Å². The molecule has 3 rings (SSSR count). The molecular formula is C21H27N3O5S. The van der Waals surface area contributed by atoms with Crippen molar-refractivity contribution in [2.75, 3.05) is 32.6 Å². The lowest BCUT2D eigenvalue weighted by atomic mass is 10.1. The van der Waals surface area contributed by atoms with Crippen LogP contribution in [0.4, 0.5) is 0 Å². The Balaban J connectivity index is 1.50. The number of hydrogen-bond donors (Lipinski definition) is 2. The van der Waals surface area contributed by atoms with E-state index in [1.165, 1.54) is 5.56 Å². The zero-order chi connectivity index (χ0) is 21.2. The normalized spacial score (nSPS) is 14.1. The van der Waals surface area contributed by atoms with Crippen molar-refractivity contribution in [2.45, 2.75) is 31.0 Å². The number of ether oxygens (including phenoxy) is 2. The number of fused-ring (bicyclic) bond motifs is 1. The van der Waals surface area contributed by atoms with Crippen molar-refractivity contribution in [3.63, 3.8) is 0 Å². The number of aromatic nitrogens is 1. The highest BCUT2D eigenvalue weighted by Gasteiger charge is 2.17. The molecule has 30 heavy (non-hydrogen) atoms. The number of benzene rings is 1. The fourth-order valence-electron chi connectivity index (χ4n) is 3.13. The lowest BCUT2D eigenvalue weighted by Gasteiger charge is -2.20. The third kappa shape index (κ3) is 6.68. The number of nitrogens with one attached hydrogen (secondary N) is 1. The van der Waals surface area contributed by atoms with Crippen molar-refractivity contribution in [1.29, 1.82) is 0 Å². The maximum absolute atomic E-state index is 12.1. The third-order valence-corrected chi connectivity index (χ3v) is 5.74. The molecule has 1 aromatic heterocycles. The van der Waals surface area contributed by atoms with Gasteiger partial charge in [-0.1, -0.05) is 17.8 Å². The SMILES string of the molecule is COc1cnc2c(c1)CN(Cc1ccc(C(=O)OCCCCONO)cc1)CCS2. The molecule has 0 spiro atoms. The minimum Gasteiger partial charge on any atom is -0.495 e. The summed E-state index contributed by atoms with van der Waals surface area (Å²) in [5.74, 6) is 1.42. The van der Waals surface area contributed by atoms with Crippen LogP contribution < -0.4 is 10.4 Å². The van der Waals surface area contributed by atoms with Crippen molar-refractivity contribution in [1.82, 2.24) is 15.5 Å². The summed E-state index contributed by atoms with van der Waals surface area (Å²) in [7, 11) is 1.65. The monoisotopic (exact) mass is 433 g/mol. The molecule has 2 N–H and O–H groups in total. The quantitative estimate of drug-likeness (QED) is 0.333.